The second kappa shape index (κ2) is 10.3. The van der Waals surface area contributed by atoms with Crippen molar-refractivity contribution in [1.82, 2.24) is 4.90 Å². The van der Waals surface area contributed by atoms with Crippen LogP contribution < -0.4 is 20.1 Å². The first kappa shape index (κ1) is 25.5. The first-order chi connectivity index (χ1) is 18.3. The molecule has 5 nitrogen and oxygen atoms in total. The second-order valence-corrected chi connectivity index (χ2v) is 14.7. The van der Waals surface area contributed by atoms with Crippen LogP contribution in [0.5, 0.6) is 5.75 Å². The standard InChI is InChI=1S/C32H32N2O3Si/c1-32(2,3)38(26-12-6-4-7-13-26,27-14-8-5-9-15-27)37-25-20-18-24(19-21-25)33-22-23-34-30(35)28-16-10-11-17-29(28)31(34)36/h4-21,33H,22-23H2,1-3H3. The van der Waals surface area contributed by atoms with Gasteiger partial charge < -0.3 is 9.74 Å². The van der Waals surface area contributed by atoms with Gasteiger partial charge in [-0.25, -0.2) is 0 Å². The Morgan fingerprint density at radius 2 is 1.16 bits per heavy atom. The highest BCUT2D eigenvalue weighted by Gasteiger charge is 2.52. The number of carbonyl (C=O) groups excluding carboxylic acids is 2. The van der Waals surface area contributed by atoms with Gasteiger partial charge in [0, 0.05) is 18.8 Å². The van der Waals surface area contributed by atoms with Gasteiger partial charge in [0.1, 0.15) is 5.75 Å². The van der Waals surface area contributed by atoms with Crippen LogP contribution in [0.3, 0.4) is 0 Å². The highest BCUT2D eigenvalue weighted by molar-refractivity contribution is 7.00. The fourth-order valence-corrected chi connectivity index (χ4v) is 9.64. The molecule has 0 aliphatic carbocycles. The Morgan fingerprint density at radius 1 is 0.684 bits per heavy atom. The predicted molar refractivity (Wildman–Crippen MR) is 155 cm³/mol. The van der Waals surface area contributed by atoms with Crippen molar-refractivity contribution >= 4 is 36.2 Å². The number of nitrogens with one attached hydrogen (secondary N) is 1. The van der Waals surface area contributed by atoms with Gasteiger partial charge in [-0.2, -0.15) is 0 Å². The molecule has 0 saturated carbocycles. The second-order valence-electron chi connectivity index (χ2n) is 10.5. The number of imide groups is 1. The van der Waals surface area contributed by atoms with Crippen molar-refractivity contribution in [3.63, 3.8) is 0 Å². The van der Waals surface area contributed by atoms with E-state index in [9.17, 15) is 9.59 Å². The first-order valence-electron chi connectivity index (χ1n) is 12.9. The summed E-state index contributed by atoms with van der Waals surface area (Å²) in [5, 5.41) is 5.65. The Bertz CT molecular complexity index is 1360. The molecule has 1 aliphatic heterocycles. The largest absolute Gasteiger partial charge is 0.534 e. The summed E-state index contributed by atoms with van der Waals surface area (Å²) >= 11 is 0. The van der Waals surface area contributed by atoms with E-state index >= 15 is 0 Å². The van der Waals surface area contributed by atoms with Gasteiger partial charge in [0.2, 0.25) is 0 Å². The van der Waals surface area contributed by atoms with Crippen molar-refractivity contribution in [2.24, 2.45) is 0 Å². The lowest BCUT2D eigenvalue weighted by Crippen LogP contribution is -2.68. The Hall–Kier alpha value is -4.16. The summed E-state index contributed by atoms with van der Waals surface area (Å²) in [6.07, 6.45) is 0. The Labute approximate surface area is 225 Å². The molecular weight excluding hydrogens is 488 g/mol. The number of hydrogen-bond acceptors (Lipinski definition) is 4. The molecule has 6 heteroatoms. The maximum atomic E-state index is 12.6. The summed E-state index contributed by atoms with van der Waals surface area (Å²) < 4.78 is 7.06. The van der Waals surface area contributed by atoms with E-state index in [1.165, 1.54) is 15.3 Å². The van der Waals surface area contributed by atoms with Crippen molar-refractivity contribution in [3.8, 4) is 5.75 Å². The average Bonchev–Trinajstić information content (AvgIpc) is 3.18. The molecule has 0 aromatic heterocycles. The molecule has 4 aromatic carbocycles. The molecule has 5 rings (SSSR count). The molecule has 0 saturated heterocycles. The molecule has 4 aromatic rings. The molecule has 0 unspecified atom stereocenters. The highest BCUT2D eigenvalue weighted by Crippen LogP contribution is 2.37. The van der Waals surface area contributed by atoms with Crippen molar-refractivity contribution in [3.05, 3.63) is 120 Å². The van der Waals surface area contributed by atoms with E-state index in [4.69, 9.17) is 4.43 Å². The summed E-state index contributed by atoms with van der Waals surface area (Å²) in [5.41, 5.74) is 1.85. The Kier molecular flexibility index (Phi) is 6.91. The molecule has 1 N–H and O–H groups in total. The number of fused-ring (bicyclic) bond motifs is 1. The van der Waals surface area contributed by atoms with Crippen LogP contribution in [0.15, 0.2) is 109 Å². The number of rotatable bonds is 8. The molecular formula is C32H32N2O3Si. The minimum absolute atomic E-state index is 0.126. The van der Waals surface area contributed by atoms with Crippen molar-refractivity contribution in [1.29, 1.82) is 0 Å². The fourth-order valence-electron chi connectivity index (χ4n) is 5.22. The summed E-state index contributed by atoms with van der Waals surface area (Å²) in [6.45, 7) is 7.53. The third-order valence-electron chi connectivity index (χ3n) is 7.08. The highest BCUT2D eigenvalue weighted by atomic mass is 28.4. The normalized spacial score (nSPS) is 13.4. The van der Waals surface area contributed by atoms with E-state index in [1.54, 1.807) is 24.3 Å². The topological polar surface area (TPSA) is 58.6 Å². The number of amides is 2. The molecule has 0 spiro atoms. The maximum Gasteiger partial charge on any atom is 0.319 e. The summed E-state index contributed by atoms with van der Waals surface area (Å²) in [6, 6.07) is 36.0. The van der Waals surface area contributed by atoms with Crippen LogP contribution in [0.4, 0.5) is 5.69 Å². The molecule has 0 atom stereocenters. The predicted octanol–water partition coefficient (Wildman–Crippen LogP) is 5.33. The lowest BCUT2D eigenvalue weighted by atomic mass is 10.1. The third kappa shape index (κ3) is 4.63. The van der Waals surface area contributed by atoms with E-state index in [1.807, 2.05) is 36.4 Å². The van der Waals surface area contributed by atoms with Crippen LogP contribution >= 0.6 is 0 Å². The van der Waals surface area contributed by atoms with Gasteiger partial charge in [0.05, 0.1) is 11.1 Å². The number of nitrogens with zero attached hydrogens (tertiary/aromatic N) is 1. The molecule has 192 valence electrons. The lowest BCUT2D eigenvalue weighted by molar-refractivity contribution is 0.0660. The smallest absolute Gasteiger partial charge is 0.319 e. The van der Waals surface area contributed by atoms with E-state index in [-0.39, 0.29) is 16.9 Å². The maximum absolute atomic E-state index is 12.6. The van der Waals surface area contributed by atoms with Crippen LogP contribution in [0.2, 0.25) is 5.04 Å². The minimum atomic E-state index is -2.70. The van der Waals surface area contributed by atoms with Gasteiger partial charge in [-0.3, -0.25) is 14.5 Å². The molecule has 0 fully saturated rings. The molecule has 1 heterocycles. The zero-order valence-electron chi connectivity index (χ0n) is 22.0. The van der Waals surface area contributed by atoms with Gasteiger partial charge in [-0.05, 0) is 51.8 Å². The number of anilines is 1. The van der Waals surface area contributed by atoms with E-state index in [0.29, 0.717) is 24.2 Å². The number of benzene rings is 4. The van der Waals surface area contributed by atoms with Crippen LogP contribution in [0, 0.1) is 0 Å². The Morgan fingerprint density at radius 3 is 1.63 bits per heavy atom. The zero-order chi connectivity index (χ0) is 26.8. The van der Waals surface area contributed by atoms with Crippen molar-refractivity contribution in [2.45, 2.75) is 25.8 Å². The average molecular weight is 521 g/mol. The van der Waals surface area contributed by atoms with Gasteiger partial charge >= 0.3 is 8.32 Å². The lowest BCUT2D eigenvalue weighted by Gasteiger charge is -2.43. The SMILES string of the molecule is CC(C)(C)[Si](Oc1ccc(NCCN2C(=O)c3ccccc3C2=O)cc1)(c1ccccc1)c1ccccc1. The third-order valence-corrected chi connectivity index (χ3v) is 12.0. The number of hydrogen-bond donors (Lipinski definition) is 1. The van der Waals surface area contributed by atoms with Gasteiger partial charge in [-0.15, -0.1) is 0 Å². The van der Waals surface area contributed by atoms with E-state index < -0.39 is 8.32 Å². The summed E-state index contributed by atoms with van der Waals surface area (Å²) in [4.78, 5) is 26.5. The molecule has 1 aliphatic rings. The van der Waals surface area contributed by atoms with Crippen LogP contribution in [-0.2, 0) is 0 Å². The van der Waals surface area contributed by atoms with Crippen LogP contribution in [0.25, 0.3) is 0 Å². The van der Waals surface area contributed by atoms with Gasteiger partial charge in [-0.1, -0.05) is 93.6 Å². The van der Waals surface area contributed by atoms with Crippen molar-refractivity contribution < 1.29 is 14.0 Å². The van der Waals surface area contributed by atoms with Crippen LogP contribution in [-0.4, -0.2) is 38.1 Å². The fraction of sp³-hybridized carbons (Fsp3) is 0.188. The summed E-state index contributed by atoms with van der Waals surface area (Å²) in [5.74, 6) is 0.341. The van der Waals surface area contributed by atoms with E-state index in [0.717, 1.165) is 11.4 Å². The quantitative estimate of drug-likeness (QED) is 0.252. The van der Waals surface area contributed by atoms with Gasteiger partial charge in [0.15, 0.2) is 0 Å². The molecule has 38 heavy (non-hydrogen) atoms. The van der Waals surface area contributed by atoms with Gasteiger partial charge in [0.25, 0.3) is 11.8 Å². The first-order valence-corrected chi connectivity index (χ1v) is 14.8. The molecule has 0 bridgehead atoms. The van der Waals surface area contributed by atoms with Crippen molar-refractivity contribution in [2.75, 3.05) is 18.4 Å². The zero-order valence-corrected chi connectivity index (χ0v) is 23.0. The summed E-state index contributed by atoms with van der Waals surface area (Å²) in [7, 11) is -2.70. The van der Waals surface area contributed by atoms with E-state index in [2.05, 4.69) is 74.6 Å². The molecule has 2 amide bonds. The number of carbonyl (C=O) groups is 2. The Balaban J connectivity index is 1.33. The monoisotopic (exact) mass is 520 g/mol. The minimum Gasteiger partial charge on any atom is -0.534 e. The van der Waals surface area contributed by atoms with Crippen LogP contribution in [0.1, 0.15) is 41.5 Å². The molecule has 0 radical (unpaired) electrons.